The van der Waals surface area contributed by atoms with E-state index in [0.29, 0.717) is 6.42 Å². The first kappa shape index (κ1) is 18.7. The molecule has 1 aromatic heterocycles. The molecule has 0 saturated heterocycles. The van der Waals surface area contributed by atoms with Crippen LogP contribution in [0.25, 0.3) is 11.0 Å². The zero-order valence-electron chi connectivity index (χ0n) is 15.7. The molecule has 1 amide bonds. The quantitative estimate of drug-likeness (QED) is 0.696. The Morgan fingerprint density at radius 2 is 1.76 bits per heavy atom. The number of aliphatic carboxylic acids is 1. The summed E-state index contributed by atoms with van der Waals surface area (Å²) in [5, 5.41) is 15.0. The number of carboxylic acids is 1. The second-order valence-corrected chi connectivity index (χ2v) is 6.92. The summed E-state index contributed by atoms with van der Waals surface area (Å²) in [6, 6.07) is 15.3. The second kappa shape index (κ2) is 8.18. The van der Waals surface area contributed by atoms with Crippen molar-refractivity contribution in [1.29, 1.82) is 0 Å². The van der Waals surface area contributed by atoms with Gasteiger partial charge in [0.05, 0.1) is 22.8 Å². The molecule has 0 bridgehead atoms. The molecule has 29 heavy (non-hydrogen) atoms. The van der Waals surface area contributed by atoms with E-state index in [1.54, 1.807) is 12.4 Å². The monoisotopic (exact) mass is 388 g/mol. The third kappa shape index (κ3) is 4.13. The highest BCUT2D eigenvalue weighted by atomic mass is 16.4. The van der Waals surface area contributed by atoms with Gasteiger partial charge in [0.15, 0.2) is 0 Å². The van der Waals surface area contributed by atoms with Gasteiger partial charge in [0.1, 0.15) is 0 Å². The van der Waals surface area contributed by atoms with Crippen LogP contribution in [0.1, 0.15) is 42.9 Å². The largest absolute Gasteiger partial charge is 0.481 e. The number of hydrazone groups is 1. The van der Waals surface area contributed by atoms with Crippen LogP contribution in [-0.4, -0.2) is 37.7 Å². The summed E-state index contributed by atoms with van der Waals surface area (Å²) in [5.41, 5.74) is 4.29. The summed E-state index contributed by atoms with van der Waals surface area (Å²) in [4.78, 5) is 32.3. The Morgan fingerprint density at radius 3 is 2.52 bits per heavy atom. The maximum atomic E-state index is 12.8. The highest BCUT2D eigenvalue weighted by Gasteiger charge is 2.33. The van der Waals surface area contributed by atoms with Crippen molar-refractivity contribution >= 4 is 28.6 Å². The zero-order chi connectivity index (χ0) is 20.2. The molecule has 0 fully saturated rings. The fourth-order valence-corrected chi connectivity index (χ4v) is 3.50. The van der Waals surface area contributed by atoms with E-state index >= 15 is 0 Å². The van der Waals surface area contributed by atoms with Gasteiger partial charge in [-0.05, 0) is 29.7 Å². The van der Waals surface area contributed by atoms with Crippen LogP contribution in [0.2, 0.25) is 0 Å². The number of carbonyl (C=O) groups excluding carboxylic acids is 1. The number of hydrogen-bond acceptors (Lipinski definition) is 5. The van der Waals surface area contributed by atoms with E-state index in [1.165, 1.54) is 5.01 Å². The molecule has 146 valence electrons. The van der Waals surface area contributed by atoms with Gasteiger partial charge in [-0.15, -0.1) is 0 Å². The van der Waals surface area contributed by atoms with Crippen molar-refractivity contribution < 1.29 is 14.7 Å². The summed E-state index contributed by atoms with van der Waals surface area (Å²) >= 11 is 0. The fraction of sp³-hybridized carbons (Fsp3) is 0.227. The summed E-state index contributed by atoms with van der Waals surface area (Å²) in [7, 11) is 0. The molecule has 1 atom stereocenters. The van der Waals surface area contributed by atoms with Gasteiger partial charge in [-0.25, -0.2) is 5.01 Å². The highest BCUT2D eigenvalue weighted by Crippen LogP contribution is 2.34. The van der Waals surface area contributed by atoms with E-state index in [9.17, 15) is 9.59 Å². The minimum absolute atomic E-state index is 0.0366. The molecular formula is C22H20N4O3. The van der Waals surface area contributed by atoms with Gasteiger partial charge in [0.2, 0.25) is 5.91 Å². The average Bonchev–Trinajstić information content (AvgIpc) is 3.19. The van der Waals surface area contributed by atoms with Crippen molar-refractivity contribution in [2.24, 2.45) is 5.10 Å². The molecule has 1 N–H and O–H groups in total. The molecule has 2 aromatic carbocycles. The van der Waals surface area contributed by atoms with E-state index in [4.69, 9.17) is 5.11 Å². The van der Waals surface area contributed by atoms with Gasteiger partial charge in [0, 0.05) is 31.7 Å². The van der Waals surface area contributed by atoms with Crippen molar-refractivity contribution in [3.63, 3.8) is 0 Å². The number of carbonyl (C=O) groups is 2. The van der Waals surface area contributed by atoms with Crippen LogP contribution in [0, 0.1) is 0 Å². The summed E-state index contributed by atoms with van der Waals surface area (Å²) in [6.07, 6.45) is 4.26. The van der Waals surface area contributed by atoms with Crippen molar-refractivity contribution in [2.45, 2.75) is 31.7 Å². The van der Waals surface area contributed by atoms with Gasteiger partial charge in [-0.3, -0.25) is 19.6 Å². The molecule has 0 aliphatic carbocycles. The van der Waals surface area contributed by atoms with Gasteiger partial charge < -0.3 is 5.11 Å². The summed E-state index contributed by atoms with van der Waals surface area (Å²) in [6.45, 7) is 0. The standard InChI is InChI=1S/C22H20N4O3/c27-21(7-4-8-22(28)29)26-20(14-18(25-26)15-5-2-1-3-6-15)16-9-10-17-19(13-16)24-12-11-23-17/h1-3,5-6,9-13,20H,4,7-8,14H2,(H,28,29)/t20-/m0/s1. The number of carboxylic acid groups (broad SMARTS) is 1. The molecule has 2 heterocycles. The van der Waals surface area contributed by atoms with Crippen molar-refractivity contribution in [3.8, 4) is 0 Å². The van der Waals surface area contributed by atoms with Crippen LogP contribution in [0.5, 0.6) is 0 Å². The maximum absolute atomic E-state index is 12.8. The van der Waals surface area contributed by atoms with E-state index < -0.39 is 5.97 Å². The molecule has 4 rings (SSSR count). The lowest BCUT2D eigenvalue weighted by molar-refractivity contribution is -0.137. The smallest absolute Gasteiger partial charge is 0.303 e. The Bertz CT molecular complexity index is 1080. The van der Waals surface area contributed by atoms with Crippen LogP contribution < -0.4 is 0 Å². The molecule has 1 aliphatic rings. The fourth-order valence-electron chi connectivity index (χ4n) is 3.50. The maximum Gasteiger partial charge on any atom is 0.303 e. The molecule has 0 unspecified atom stereocenters. The Hall–Kier alpha value is -3.61. The minimum Gasteiger partial charge on any atom is -0.481 e. The first-order valence-electron chi connectivity index (χ1n) is 9.49. The third-order valence-electron chi connectivity index (χ3n) is 4.93. The predicted molar refractivity (Wildman–Crippen MR) is 108 cm³/mol. The SMILES string of the molecule is O=C(O)CCCC(=O)N1N=C(c2ccccc2)C[C@H]1c1ccc2nccnc2c1. The lowest BCUT2D eigenvalue weighted by atomic mass is 9.98. The van der Waals surface area contributed by atoms with E-state index in [2.05, 4.69) is 15.1 Å². The Kier molecular flexibility index (Phi) is 5.29. The molecule has 0 spiro atoms. The number of aromatic nitrogens is 2. The van der Waals surface area contributed by atoms with Gasteiger partial charge in [-0.2, -0.15) is 5.10 Å². The van der Waals surface area contributed by atoms with Crippen LogP contribution >= 0.6 is 0 Å². The molecule has 0 saturated carbocycles. The van der Waals surface area contributed by atoms with Crippen LogP contribution in [-0.2, 0) is 9.59 Å². The van der Waals surface area contributed by atoms with Crippen LogP contribution in [0.3, 0.4) is 0 Å². The predicted octanol–water partition coefficient (Wildman–Crippen LogP) is 3.56. The number of benzene rings is 2. The Balaban J connectivity index is 1.64. The lowest BCUT2D eigenvalue weighted by Crippen LogP contribution is -2.27. The molecule has 1 aliphatic heterocycles. The first-order chi connectivity index (χ1) is 14.1. The number of rotatable bonds is 6. The van der Waals surface area contributed by atoms with Crippen LogP contribution in [0.15, 0.2) is 66.0 Å². The molecule has 0 radical (unpaired) electrons. The third-order valence-corrected chi connectivity index (χ3v) is 4.93. The molecule has 3 aromatic rings. The molecule has 7 heteroatoms. The number of nitrogens with zero attached hydrogens (tertiary/aromatic N) is 4. The zero-order valence-corrected chi connectivity index (χ0v) is 15.7. The van der Waals surface area contributed by atoms with Gasteiger partial charge in [-0.1, -0.05) is 36.4 Å². The number of hydrogen-bond donors (Lipinski definition) is 1. The topological polar surface area (TPSA) is 95.8 Å². The molecule has 7 nitrogen and oxygen atoms in total. The summed E-state index contributed by atoms with van der Waals surface area (Å²) in [5.74, 6) is -1.08. The van der Waals surface area contributed by atoms with Gasteiger partial charge >= 0.3 is 5.97 Å². The van der Waals surface area contributed by atoms with Crippen molar-refractivity contribution in [1.82, 2.24) is 15.0 Å². The number of amides is 1. The van der Waals surface area contributed by atoms with Crippen molar-refractivity contribution in [2.75, 3.05) is 0 Å². The Morgan fingerprint density at radius 1 is 1.00 bits per heavy atom. The summed E-state index contributed by atoms with van der Waals surface area (Å²) < 4.78 is 0. The highest BCUT2D eigenvalue weighted by molar-refractivity contribution is 6.03. The first-order valence-corrected chi connectivity index (χ1v) is 9.49. The van der Waals surface area contributed by atoms with E-state index in [1.807, 2.05) is 48.5 Å². The molecular weight excluding hydrogens is 368 g/mol. The van der Waals surface area contributed by atoms with E-state index in [0.717, 1.165) is 27.9 Å². The Labute approximate surface area is 167 Å². The second-order valence-electron chi connectivity index (χ2n) is 6.92. The minimum atomic E-state index is -0.905. The van der Waals surface area contributed by atoms with Crippen LogP contribution in [0.4, 0.5) is 0 Å². The lowest BCUT2D eigenvalue weighted by Gasteiger charge is -2.22. The normalized spacial score (nSPS) is 16.1. The van der Waals surface area contributed by atoms with Gasteiger partial charge in [0.25, 0.3) is 0 Å². The number of fused-ring (bicyclic) bond motifs is 1. The average molecular weight is 388 g/mol. The van der Waals surface area contributed by atoms with Crippen molar-refractivity contribution in [3.05, 3.63) is 72.1 Å². The van der Waals surface area contributed by atoms with E-state index in [-0.39, 0.29) is 31.2 Å².